The van der Waals surface area contributed by atoms with Gasteiger partial charge in [0.05, 0.1) is 17.7 Å². The van der Waals surface area contributed by atoms with Crippen LogP contribution in [0.4, 0.5) is 5.69 Å². The second-order valence-electron chi connectivity index (χ2n) is 10.6. The van der Waals surface area contributed by atoms with Gasteiger partial charge in [-0.1, -0.05) is 68.3 Å². The maximum Gasteiger partial charge on any atom is 0.264 e. The molecule has 0 fully saturated rings. The van der Waals surface area contributed by atoms with Crippen LogP contribution < -0.4 is 14.4 Å². The molecule has 0 aliphatic heterocycles. The number of nitrogens with zero attached hydrogens (tertiary/aromatic N) is 2. The number of nitrogens with one attached hydrogen (secondary N) is 1. The van der Waals surface area contributed by atoms with E-state index in [1.807, 2.05) is 58.9 Å². The average Bonchev–Trinajstić information content (AvgIpc) is 2.95. The van der Waals surface area contributed by atoms with E-state index >= 15 is 0 Å². The second-order valence-corrected chi connectivity index (χ2v) is 12.5. The molecule has 0 aromatic heterocycles. The van der Waals surface area contributed by atoms with Crippen LogP contribution >= 0.6 is 0 Å². The molecule has 8 nitrogen and oxygen atoms in total. The van der Waals surface area contributed by atoms with Crippen molar-refractivity contribution in [2.75, 3.05) is 24.5 Å². The lowest BCUT2D eigenvalue weighted by atomic mass is 10.1. The lowest BCUT2D eigenvalue weighted by molar-refractivity contribution is -0.140. The fraction of sp³-hybridized carbons (Fsp3) is 0.375. The smallest absolute Gasteiger partial charge is 0.264 e. The molecule has 1 N–H and O–H groups in total. The molecule has 1 atom stereocenters. The summed E-state index contributed by atoms with van der Waals surface area (Å²) in [6.07, 6.45) is 0.372. The standard InChI is InChI=1S/C32H41N3O5S/c1-7-30(32(37)33-20-23(2)3)34(21-26-10-8-9-25(5)19-26)31(36)22-35(27-13-11-24(4)12-14-27)41(38,39)29-17-15-28(40-6)16-18-29/h8-19,23,30H,7,20-22H2,1-6H3,(H,33,37)/t30-/m0/s1. The Morgan fingerprint density at radius 2 is 1.59 bits per heavy atom. The van der Waals surface area contributed by atoms with Crippen LogP contribution in [0.25, 0.3) is 0 Å². The monoisotopic (exact) mass is 579 g/mol. The quantitative estimate of drug-likeness (QED) is 0.305. The first-order valence-corrected chi connectivity index (χ1v) is 15.3. The molecule has 0 saturated heterocycles. The van der Waals surface area contributed by atoms with Crippen LogP contribution in [0.2, 0.25) is 0 Å². The molecule has 3 aromatic carbocycles. The molecule has 220 valence electrons. The number of hydrogen-bond donors (Lipinski definition) is 1. The van der Waals surface area contributed by atoms with Crippen LogP contribution in [0.1, 0.15) is 43.9 Å². The molecular formula is C32H41N3O5S. The Hall–Kier alpha value is -3.85. The van der Waals surface area contributed by atoms with Crippen molar-refractivity contribution >= 4 is 27.5 Å². The summed E-state index contributed by atoms with van der Waals surface area (Å²) >= 11 is 0. The third kappa shape index (κ3) is 8.33. The average molecular weight is 580 g/mol. The van der Waals surface area contributed by atoms with Crippen LogP contribution in [0.5, 0.6) is 5.75 Å². The molecule has 3 aromatic rings. The predicted molar refractivity (Wildman–Crippen MR) is 162 cm³/mol. The first kappa shape index (κ1) is 31.7. The van der Waals surface area contributed by atoms with Gasteiger partial charge >= 0.3 is 0 Å². The molecule has 0 aliphatic carbocycles. The lowest BCUT2D eigenvalue weighted by Crippen LogP contribution is -2.52. The number of sulfonamides is 1. The fourth-order valence-electron chi connectivity index (χ4n) is 4.46. The molecule has 0 heterocycles. The van der Waals surface area contributed by atoms with Crippen molar-refractivity contribution in [2.45, 2.75) is 58.5 Å². The number of anilines is 1. The molecule has 2 amide bonds. The van der Waals surface area contributed by atoms with Crippen molar-refractivity contribution in [2.24, 2.45) is 5.92 Å². The summed E-state index contributed by atoms with van der Waals surface area (Å²) in [5.41, 5.74) is 3.19. The minimum atomic E-state index is -4.14. The van der Waals surface area contributed by atoms with Gasteiger partial charge in [0.15, 0.2) is 0 Å². The molecule has 0 aliphatic rings. The molecular weight excluding hydrogens is 538 g/mol. The van der Waals surface area contributed by atoms with Crippen LogP contribution in [-0.4, -0.2) is 51.4 Å². The third-order valence-corrected chi connectivity index (χ3v) is 8.54. The number of aryl methyl sites for hydroxylation is 2. The fourth-order valence-corrected chi connectivity index (χ4v) is 5.88. The number of ether oxygens (including phenoxy) is 1. The number of benzene rings is 3. The van der Waals surface area contributed by atoms with Crippen molar-refractivity contribution < 1.29 is 22.7 Å². The topological polar surface area (TPSA) is 96.0 Å². The van der Waals surface area contributed by atoms with Gasteiger partial charge < -0.3 is 15.0 Å². The third-order valence-electron chi connectivity index (χ3n) is 6.75. The Labute approximate surface area is 244 Å². The Morgan fingerprint density at radius 3 is 2.15 bits per heavy atom. The van der Waals surface area contributed by atoms with E-state index in [9.17, 15) is 18.0 Å². The largest absolute Gasteiger partial charge is 0.497 e. The Balaban J connectivity index is 2.04. The van der Waals surface area contributed by atoms with Gasteiger partial charge in [-0.25, -0.2) is 8.42 Å². The zero-order chi connectivity index (χ0) is 30.2. The summed E-state index contributed by atoms with van der Waals surface area (Å²) < 4.78 is 34.2. The normalized spacial score (nSPS) is 12.1. The van der Waals surface area contributed by atoms with E-state index in [-0.39, 0.29) is 23.3 Å². The van der Waals surface area contributed by atoms with Gasteiger partial charge in [0, 0.05) is 13.1 Å². The Morgan fingerprint density at radius 1 is 0.927 bits per heavy atom. The van der Waals surface area contributed by atoms with Crippen molar-refractivity contribution in [3.63, 3.8) is 0 Å². The maximum atomic E-state index is 14.1. The zero-order valence-electron chi connectivity index (χ0n) is 24.8. The predicted octanol–water partition coefficient (Wildman–Crippen LogP) is 5.09. The van der Waals surface area contributed by atoms with Crippen LogP contribution in [0, 0.1) is 19.8 Å². The number of methoxy groups -OCH3 is 1. The van der Waals surface area contributed by atoms with Crippen LogP contribution in [0.3, 0.4) is 0 Å². The van der Waals surface area contributed by atoms with E-state index in [1.54, 1.807) is 36.4 Å². The summed E-state index contributed by atoms with van der Waals surface area (Å²) in [5.74, 6) is 0.0197. The highest BCUT2D eigenvalue weighted by Gasteiger charge is 2.33. The molecule has 0 spiro atoms. The highest BCUT2D eigenvalue weighted by molar-refractivity contribution is 7.92. The van der Waals surface area contributed by atoms with Gasteiger partial charge in [0.1, 0.15) is 18.3 Å². The molecule has 0 saturated carbocycles. The lowest BCUT2D eigenvalue weighted by Gasteiger charge is -2.33. The number of carbonyl (C=O) groups excluding carboxylic acids is 2. The summed E-state index contributed by atoms with van der Waals surface area (Å²) in [6, 6.07) is 20.0. The minimum Gasteiger partial charge on any atom is -0.497 e. The van der Waals surface area contributed by atoms with E-state index in [4.69, 9.17) is 4.74 Å². The number of amides is 2. The number of carbonyl (C=O) groups is 2. The second kappa shape index (κ2) is 14.2. The maximum absolute atomic E-state index is 14.1. The minimum absolute atomic E-state index is 0.0265. The van der Waals surface area contributed by atoms with Crippen LogP contribution in [-0.2, 0) is 26.2 Å². The van der Waals surface area contributed by atoms with Crippen molar-refractivity contribution in [1.29, 1.82) is 0 Å². The molecule has 9 heteroatoms. The van der Waals surface area contributed by atoms with Gasteiger partial charge in [-0.05, 0) is 68.1 Å². The van der Waals surface area contributed by atoms with Gasteiger partial charge in [-0.3, -0.25) is 13.9 Å². The summed E-state index contributed by atoms with van der Waals surface area (Å²) in [6.45, 7) is 9.88. The van der Waals surface area contributed by atoms with E-state index in [2.05, 4.69) is 5.32 Å². The van der Waals surface area contributed by atoms with Crippen molar-refractivity contribution in [3.05, 3.63) is 89.5 Å². The van der Waals surface area contributed by atoms with E-state index < -0.39 is 28.5 Å². The van der Waals surface area contributed by atoms with Crippen LogP contribution in [0.15, 0.2) is 77.7 Å². The molecule has 41 heavy (non-hydrogen) atoms. The number of rotatable bonds is 13. The highest BCUT2D eigenvalue weighted by atomic mass is 32.2. The zero-order valence-corrected chi connectivity index (χ0v) is 25.6. The van der Waals surface area contributed by atoms with Crippen molar-refractivity contribution in [1.82, 2.24) is 10.2 Å². The van der Waals surface area contributed by atoms with Gasteiger partial charge in [-0.2, -0.15) is 0 Å². The Bertz CT molecular complexity index is 1420. The molecule has 0 bridgehead atoms. The van der Waals surface area contributed by atoms with Gasteiger partial charge in [-0.15, -0.1) is 0 Å². The van der Waals surface area contributed by atoms with Gasteiger partial charge in [0.25, 0.3) is 10.0 Å². The molecule has 0 unspecified atom stereocenters. The first-order chi connectivity index (χ1) is 19.5. The summed E-state index contributed by atoms with van der Waals surface area (Å²) in [4.78, 5) is 29.0. The SMILES string of the molecule is CC[C@@H](C(=O)NCC(C)C)N(Cc1cccc(C)c1)C(=O)CN(c1ccc(C)cc1)S(=O)(=O)c1ccc(OC)cc1. The van der Waals surface area contributed by atoms with E-state index in [0.29, 0.717) is 24.4 Å². The summed E-state index contributed by atoms with van der Waals surface area (Å²) in [7, 11) is -2.64. The number of hydrogen-bond acceptors (Lipinski definition) is 5. The molecule has 0 radical (unpaired) electrons. The first-order valence-electron chi connectivity index (χ1n) is 13.8. The van der Waals surface area contributed by atoms with E-state index in [1.165, 1.54) is 24.1 Å². The van der Waals surface area contributed by atoms with Crippen molar-refractivity contribution in [3.8, 4) is 5.75 Å². The van der Waals surface area contributed by atoms with Gasteiger partial charge in [0.2, 0.25) is 11.8 Å². The Kier molecular flexibility index (Phi) is 10.9. The summed E-state index contributed by atoms with van der Waals surface area (Å²) in [5, 5.41) is 2.95. The highest BCUT2D eigenvalue weighted by Crippen LogP contribution is 2.26. The van der Waals surface area contributed by atoms with E-state index in [0.717, 1.165) is 21.0 Å². The molecule has 3 rings (SSSR count).